The molecule has 2 heterocycles. The summed E-state index contributed by atoms with van der Waals surface area (Å²) in [7, 11) is 0. The maximum Gasteiger partial charge on any atom is 0.407 e. The first-order valence-corrected chi connectivity index (χ1v) is 16.7. The van der Waals surface area contributed by atoms with Gasteiger partial charge >= 0.3 is 6.09 Å². The Morgan fingerprint density at radius 2 is 1.76 bits per heavy atom. The number of carbonyl (C=O) groups is 4. The molecule has 6 atom stereocenters. The first kappa shape index (κ1) is 33.2. The van der Waals surface area contributed by atoms with Gasteiger partial charge in [-0.3, -0.25) is 24.2 Å². The van der Waals surface area contributed by atoms with E-state index in [-0.39, 0.29) is 42.2 Å². The van der Waals surface area contributed by atoms with Gasteiger partial charge in [-0.15, -0.1) is 0 Å². The molecule has 0 bridgehead atoms. The highest BCUT2D eigenvalue weighted by Crippen LogP contribution is 2.35. The molecule has 0 spiro atoms. The smallest absolute Gasteiger partial charge is 0.407 e. The Kier molecular flexibility index (Phi) is 10.1. The number of fused-ring (bicyclic) bond motifs is 2. The van der Waals surface area contributed by atoms with E-state index in [2.05, 4.69) is 15.5 Å². The highest BCUT2D eigenvalue weighted by Gasteiger charge is 2.47. The molecular formula is C34H50FN5O5. The first-order chi connectivity index (χ1) is 21.3. The van der Waals surface area contributed by atoms with E-state index < -0.39 is 42.3 Å². The van der Waals surface area contributed by atoms with E-state index in [0.717, 1.165) is 67.5 Å². The van der Waals surface area contributed by atoms with E-state index in [1.54, 1.807) is 11.8 Å². The Morgan fingerprint density at radius 3 is 2.44 bits per heavy atom. The van der Waals surface area contributed by atoms with E-state index >= 15 is 4.39 Å². The van der Waals surface area contributed by atoms with Gasteiger partial charge in [-0.05, 0) is 61.6 Å². The fraction of sp³-hybridized carbons (Fsp3) is 0.706. The van der Waals surface area contributed by atoms with Gasteiger partial charge < -0.3 is 20.6 Å². The molecule has 2 saturated heterocycles. The number of nitrogens with zero attached hydrogens (tertiary/aromatic N) is 3. The number of amides is 4. The van der Waals surface area contributed by atoms with Crippen molar-refractivity contribution in [3.05, 3.63) is 35.4 Å². The monoisotopic (exact) mass is 627 g/mol. The number of nitrogens with one attached hydrogen (secondary N) is 2. The van der Waals surface area contributed by atoms with Gasteiger partial charge in [0.25, 0.3) is 0 Å². The summed E-state index contributed by atoms with van der Waals surface area (Å²) in [6, 6.07) is 4.06. The number of carboxylic acid groups (broad SMARTS) is 1. The molecule has 4 aliphatic rings. The van der Waals surface area contributed by atoms with E-state index in [0.29, 0.717) is 13.1 Å². The molecule has 1 aromatic rings. The topological polar surface area (TPSA) is 122 Å². The quantitative estimate of drug-likeness (QED) is 0.402. The maximum absolute atomic E-state index is 15.2. The zero-order valence-electron chi connectivity index (χ0n) is 27.1. The van der Waals surface area contributed by atoms with Crippen LogP contribution in [0.2, 0.25) is 0 Å². The van der Waals surface area contributed by atoms with Gasteiger partial charge in [0.15, 0.2) is 0 Å². The Hall–Kier alpha value is -3.21. The second kappa shape index (κ2) is 13.6. The molecule has 0 unspecified atom stereocenters. The number of alkyl halides is 1. The molecule has 248 valence electrons. The van der Waals surface area contributed by atoms with Gasteiger partial charge in [0, 0.05) is 32.1 Å². The van der Waals surface area contributed by atoms with Gasteiger partial charge in [0.2, 0.25) is 17.7 Å². The van der Waals surface area contributed by atoms with Gasteiger partial charge in [0.1, 0.15) is 24.3 Å². The minimum Gasteiger partial charge on any atom is -0.465 e. The van der Waals surface area contributed by atoms with Crippen LogP contribution in [0.1, 0.15) is 89.8 Å². The Balaban J connectivity index is 1.39. The van der Waals surface area contributed by atoms with Crippen LogP contribution in [0.4, 0.5) is 9.18 Å². The van der Waals surface area contributed by atoms with Crippen LogP contribution < -0.4 is 10.6 Å². The van der Waals surface area contributed by atoms with Crippen molar-refractivity contribution in [3.63, 3.8) is 0 Å². The van der Waals surface area contributed by atoms with Crippen molar-refractivity contribution in [2.24, 2.45) is 11.3 Å². The van der Waals surface area contributed by atoms with Crippen molar-refractivity contribution >= 4 is 23.8 Å². The highest BCUT2D eigenvalue weighted by atomic mass is 19.1. The molecule has 4 amide bonds. The molecule has 5 rings (SSSR count). The van der Waals surface area contributed by atoms with Crippen molar-refractivity contribution in [2.75, 3.05) is 26.2 Å². The van der Waals surface area contributed by atoms with Crippen molar-refractivity contribution in [1.82, 2.24) is 25.3 Å². The van der Waals surface area contributed by atoms with Crippen LogP contribution in [0.3, 0.4) is 0 Å². The number of rotatable bonds is 8. The molecule has 1 aromatic carbocycles. The summed E-state index contributed by atoms with van der Waals surface area (Å²) >= 11 is 0. The Bertz CT molecular complexity index is 1260. The molecule has 0 aromatic heterocycles. The van der Waals surface area contributed by atoms with Gasteiger partial charge in [-0.25, -0.2) is 9.18 Å². The zero-order chi connectivity index (χ0) is 32.5. The summed E-state index contributed by atoms with van der Waals surface area (Å²) < 4.78 is 15.2. The molecule has 1 saturated carbocycles. The van der Waals surface area contributed by atoms with Crippen molar-refractivity contribution in [1.29, 1.82) is 0 Å². The summed E-state index contributed by atoms with van der Waals surface area (Å²) in [5, 5.41) is 15.9. The molecule has 45 heavy (non-hydrogen) atoms. The van der Waals surface area contributed by atoms with Crippen LogP contribution in [0.25, 0.3) is 0 Å². The van der Waals surface area contributed by atoms with E-state index in [9.17, 15) is 24.3 Å². The molecule has 2 aliphatic heterocycles. The maximum atomic E-state index is 15.2. The number of hydrogen-bond acceptors (Lipinski definition) is 5. The number of benzene rings is 1. The summed E-state index contributed by atoms with van der Waals surface area (Å²) in [5.74, 6) is -1.34. The fourth-order valence-electron chi connectivity index (χ4n) is 7.77. The van der Waals surface area contributed by atoms with Crippen LogP contribution in [0, 0.1) is 11.3 Å². The second-order valence-corrected chi connectivity index (χ2v) is 14.7. The van der Waals surface area contributed by atoms with Crippen LogP contribution >= 0.6 is 0 Å². The molecule has 0 radical (unpaired) electrons. The van der Waals surface area contributed by atoms with E-state index in [4.69, 9.17) is 0 Å². The summed E-state index contributed by atoms with van der Waals surface area (Å²) in [4.78, 5) is 59.4. The summed E-state index contributed by atoms with van der Waals surface area (Å²) in [6.07, 6.45) is 4.13. The molecule has 11 heteroatoms. The normalized spacial score (nSPS) is 26.8. The van der Waals surface area contributed by atoms with Crippen LogP contribution in [0.15, 0.2) is 24.3 Å². The molecule has 2 aliphatic carbocycles. The van der Waals surface area contributed by atoms with E-state index in [1.165, 1.54) is 0 Å². The Morgan fingerprint density at radius 1 is 1.04 bits per heavy atom. The minimum absolute atomic E-state index is 0.120. The lowest BCUT2D eigenvalue weighted by molar-refractivity contribution is -0.150. The minimum atomic E-state index is -1.25. The third kappa shape index (κ3) is 7.45. The third-order valence-electron chi connectivity index (χ3n) is 10.2. The van der Waals surface area contributed by atoms with Crippen molar-refractivity contribution in [2.45, 2.75) is 115 Å². The standard InChI is InChI=1S/C34H50FN5O5/c1-21(40(33(44)45)20-34(2,3)4)30(41)36-28(22-11-6-5-7-12-22)32(43)39-18-24-14-10-16-38(24)19-27(39)31(42)37-29-25-15-9-8-13-23(25)17-26(29)35/h8-9,13,15,21-22,24,26-29H,5-7,10-12,14,16-20H2,1-4H3,(H,36,41)(H,37,42)(H,44,45)/t21-,24+,26-,27-,28-,29-/m0/s1. The average Bonchev–Trinajstić information content (AvgIpc) is 3.60. The largest absolute Gasteiger partial charge is 0.465 e. The van der Waals surface area contributed by atoms with Crippen LogP contribution in [-0.4, -0.2) is 100 Å². The van der Waals surface area contributed by atoms with Gasteiger partial charge in [0.05, 0.1) is 6.04 Å². The predicted octanol–water partition coefficient (Wildman–Crippen LogP) is 3.89. The second-order valence-electron chi connectivity index (χ2n) is 14.7. The van der Waals surface area contributed by atoms with Crippen molar-refractivity contribution in [3.8, 4) is 0 Å². The lowest BCUT2D eigenvalue weighted by Crippen LogP contribution is -2.67. The predicted molar refractivity (Wildman–Crippen MR) is 168 cm³/mol. The fourth-order valence-corrected chi connectivity index (χ4v) is 7.77. The van der Waals surface area contributed by atoms with Gasteiger partial charge in [-0.2, -0.15) is 0 Å². The lowest BCUT2D eigenvalue weighted by Gasteiger charge is -2.45. The summed E-state index contributed by atoms with van der Waals surface area (Å²) in [5.41, 5.74) is 1.28. The lowest BCUT2D eigenvalue weighted by atomic mass is 9.82. The highest BCUT2D eigenvalue weighted by molar-refractivity contribution is 5.94. The Labute approximate surface area is 266 Å². The molecule has 3 fully saturated rings. The molecule has 3 N–H and O–H groups in total. The number of halogens is 1. The number of carbonyl (C=O) groups excluding carboxylic acids is 3. The number of piperazine rings is 1. The van der Waals surface area contributed by atoms with Crippen LogP contribution in [0.5, 0.6) is 0 Å². The average molecular weight is 628 g/mol. The zero-order valence-corrected chi connectivity index (χ0v) is 27.1. The van der Waals surface area contributed by atoms with Crippen LogP contribution in [-0.2, 0) is 20.8 Å². The third-order valence-corrected chi connectivity index (χ3v) is 10.2. The van der Waals surface area contributed by atoms with E-state index in [1.807, 2.05) is 45.0 Å². The SMILES string of the molecule is C[C@@H](C(=O)N[C@H](C(=O)N1C[C@H]2CCCN2C[C@H]1C(=O)N[C@H]1c2ccccc2C[C@@H]1F)C1CCCCC1)N(CC(C)(C)C)C(=O)O. The number of hydrogen-bond donors (Lipinski definition) is 3. The molecule has 10 nitrogen and oxygen atoms in total. The van der Waals surface area contributed by atoms with Gasteiger partial charge in [-0.1, -0.05) is 64.3 Å². The van der Waals surface area contributed by atoms with Crippen molar-refractivity contribution < 1.29 is 28.7 Å². The first-order valence-electron chi connectivity index (χ1n) is 16.7. The summed E-state index contributed by atoms with van der Waals surface area (Å²) in [6.45, 7) is 8.99. The molecular weight excluding hydrogens is 577 g/mol.